The molecule has 2 rings (SSSR count). The second kappa shape index (κ2) is 9.20. The molecule has 2 amide bonds. The molecule has 5 heteroatoms. The van der Waals surface area contributed by atoms with E-state index >= 15 is 0 Å². The molecule has 0 radical (unpaired) electrons. The first-order valence-corrected chi connectivity index (χ1v) is 9.30. The topological polar surface area (TPSA) is 55.8 Å². The second-order valence-corrected chi connectivity index (χ2v) is 7.58. The lowest BCUT2D eigenvalue weighted by atomic mass is 9.92. The number of aliphatic hydroxyl groups excluding tert-OH is 1. The average molecular weight is 348 g/mol. The van der Waals surface area contributed by atoms with Crippen LogP contribution in [-0.2, 0) is 0 Å². The Bertz CT molecular complexity index is 535. The maximum atomic E-state index is 12.6. The van der Waals surface area contributed by atoms with Gasteiger partial charge in [0.05, 0.1) is 6.10 Å². The molecule has 0 aromatic heterocycles. The first-order valence-electron chi connectivity index (χ1n) is 9.30. The van der Waals surface area contributed by atoms with Gasteiger partial charge in [0.15, 0.2) is 0 Å². The molecule has 1 heterocycles. The zero-order valence-corrected chi connectivity index (χ0v) is 16.0. The highest BCUT2D eigenvalue weighted by atomic mass is 16.3. The van der Waals surface area contributed by atoms with Gasteiger partial charge in [-0.05, 0) is 44.8 Å². The van der Waals surface area contributed by atoms with Gasteiger partial charge in [-0.1, -0.05) is 37.3 Å². The van der Waals surface area contributed by atoms with Crippen molar-refractivity contribution in [3.63, 3.8) is 0 Å². The van der Waals surface area contributed by atoms with Crippen LogP contribution in [0.1, 0.15) is 38.2 Å². The summed E-state index contributed by atoms with van der Waals surface area (Å²) in [6.07, 6.45) is 1.25. The fourth-order valence-electron chi connectivity index (χ4n) is 3.88. The molecule has 0 bridgehead atoms. The van der Waals surface area contributed by atoms with Crippen molar-refractivity contribution in [1.29, 1.82) is 0 Å². The van der Waals surface area contributed by atoms with Gasteiger partial charge in [0.2, 0.25) is 0 Å². The monoisotopic (exact) mass is 347 g/mol. The summed E-state index contributed by atoms with van der Waals surface area (Å²) in [6, 6.07) is 10.4. The fourth-order valence-corrected chi connectivity index (χ4v) is 3.88. The Kier molecular flexibility index (Phi) is 7.26. The number of aliphatic hydroxyl groups is 1. The highest BCUT2D eigenvalue weighted by molar-refractivity contribution is 5.74. The van der Waals surface area contributed by atoms with E-state index in [1.165, 1.54) is 0 Å². The molecule has 1 fully saturated rings. The highest BCUT2D eigenvalue weighted by Gasteiger charge is 2.30. The summed E-state index contributed by atoms with van der Waals surface area (Å²) in [7, 11) is 4.03. The lowest BCUT2D eigenvalue weighted by Gasteiger charge is -2.40. The van der Waals surface area contributed by atoms with Gasteiger partial charge in [-0.25, -0.2) is 4.79 Å². The number of hydrogen-bond donors (Lipinski definition) is 2. The summed E-state index contributed by atoms with van der Waals surface area (Å²) in [5.74, 6) is 0.588. The molecule has 5 nitrogen and oxygen atoms in total. The predicted octanol–water partition coefficient (Wildman–Crippen LogP) is 2.52. The smallest absolute Gasteiger partial charge is 0.317 e. The summed E-state index contributed by atoms with van der Waals surface area (Å²) in [4.78, 5) is 16.8. The van der Waals surface area contributed by atoms with E-state index < -0.39 is 6.10 Å². The van der Waals surface area contributed by atoms with E-state index in [4.69, 9.17) is 0 Å². The highest BCUT2D eigenvalue weighted by Crippen LogP contribution is 2.22. The predicted molar refractivity (Wildman–Crippen MR) is 102 cm³/mol. The molecular formula is C20H33N3O2. The van der Waals surface area contributed by atoms with Crippen molar-refractivity contribution >= 4 is 6.03 Å². The molecule has 0 spiro atoms. The van der Waals surface area contributed by atoms with Crippen LogP contribution in [0.2, 0.25) is 0 Å². The SMILES string of the molecule is CC(O)CC(CNC(=O)N(C)C1CCN(C)CC1C)c1ccccc1. The fraction of sp³-hybridized carbons (Fsp3) is 0.650. The van der Waals surface area contributed by atoms with E-state index in [9.17, 15) is 9.90 Å². The molecule has 0 saturated carbocycles. The largest absolute Gasteiger partial charge is 0.393 e. The van der Waals surface area contributed by atoms with Gasteiger partial charge in [-0.15, -0.1) is 0 Å². The van der Waals surface area contributed by atoms with Gasteiger partial charge in [-0.3, -0.25) is 0 Å². The van der Waals surface area contributed by atoms with Crippen molar-refractivity contribution in [2.24, 2.45) is 5.92 Å². The van der Waals surface area contributed by atoms with Crippen LogP contribution in [0.3, 0.4) is 0 Å². The van der Waals surface area contributed by atoms with Crippen LogP contribution >= 0.6 is 0 Å². The second-order valence-electron chi connectivity index (χ2n) is 7.58. The average Bonchev–Trinajstić information content (AvgIpc) is 2.58. The van der Waals surface area contributed by atoms with E-state index in [0.717, 1.165) is 25.1 Å². The minimum atomic E-state index is -0.395. The Morgan fingerprint density at radius 1 is 1.40 bits per heavy atom. The van der Waals surface area contributed by atoms with Crippen molar-refractivity contribution < 1.29 is 9.90 Å². The maximum Gasteiger partial charge on any atom is 0.317 e. The molecule has 1 aliphatic heterocycles. The van der Waals surface area contributed by atoms with Gasteiger partial charge in [0.25, 0.3) is 0 Å². The number of nitrogens with zero attached hydrogens (tertiary/aromatic N) is 2. The minimum absolute atomic E-state index is 0.0204. The van der Waals surface area contributed by atoms with E-state index in [1.54, 1.807) is 6.92 Å². The van der Waals surface area contributed by atoms with Crippen LogP contribution in [0.25, 0.3) is 0 Å². The van der Waals surface area contributed by atoms with Crippen LogP contribution in [0, 0.1) is 5.92 Å². The Balaban J connectivity index is 1.93. The van der Waals surface area contributed by atoms with Gasteiger partial charge < -0.3 is 20.2 Å². The zero-order valence-electron chi connectivity index (χ0n) is 16.0. The number of hydrogen-bond acceptors (Lipinski definition) is 3. The zero-order chi connectivity index (χ0) is 18.4. The molecule has 1 aliphatic rings. The molecule has 0 aliphatic carbocycles. The quantitative estimate of drug-likeness (QED) is 0.831. The van der Waals surface area contributed by atoms with Crippen molar-refractivity contribution in [3.8, 4) is 0 Å². The molecule has 25 heavy (non-hydrogen) atoms. The number of carbonyl (C=O) groups excluding carboxylic acids is 1. The summed E-state index contributed by atoms with van der Waals surface area (Å²) < 4.78 is 0. The third-order valence-corrected chi connectivity index (χ3v) is 5.28. The molecule has 140 valence electrons. The number of piperidine rings is 1. The van der Waals surface area contributed by atoms with Crippen molar-refractivity contribution in [1.82, 2.24) is 15.1 Å². The standard InChI is InChI=1S/C20H33N3O2/c1-15-14-22(3)11-10-19(15)23(4)20(25)21-13-18(12-16(2)24)17-8-6-5-7-9-17/h5-9,15-16,18-19,24H,10-14H2,1-4H3,(H,21,25). The number of likely N-dealkylation sites (tertiary alicyclic amines) is 1. The Morgan fingerprint density at radius 3 is 2.68 bits per heavy atom. The number of urea groups is 1. The first kappa shape index (κ1) is 19.7. The summed E-state index contributed by atoms with van der Waals surface area (Å²) in [5, 5.41) is 12.9. The Hall–Kier alpha value is -1.59. The number of rotatable bonds is 6. The lowest BCUT2D eigenvalue weighted by molar-refractivity contribution is 0.106. The summed E-state index contributed by atoms with van der Waals surface area (Å²) >= 11 is 0. The molecule has 2 N–H and O–H groups in total. The number of carbonyl (C=O) groups is 1. The Morgan fingerprint density at radius 2 is 2.08 bits per heavy atom. The van der Waals surface area contributed by atoms with Gasteiger partial charge in [-0.2, -0.15) is 0 Å². The molecule has 4 unspecified atom stereocenters. The van der Waals surface area contributed by atoms with Crippen LogP contribution in [-0.4, -0.2) is 66.8 Å². The van der Waals surface area contributed by atoms with Crippen molar-refractivity contribution in [3.05, 3.63) is 35.9 Å². The summed E-state index contributed by atoms with van der Waals surface area (Å²) in [6.45, 7) is 6.60. The Labute approximate surface area is 152 Å². The number of benzene rings is 1. The van der Waals surface area contributed by atoms with Gasteiger partial charge in [0.1, 0.15) is 0 Å². The normalized spacial score (nSPS) is 23.7. The van der Waals surface area contributed by atoms with E-state index in [1.807, 2.05) is 30.1 Å². The van der Waals surface area contributed by atoms with Crippen LogP contribution < -0.4 is 5.32 Å². The van der Waals surface area contributed by atoms with Crippen LogP contribution in [0.4, 0.5) is 4.79 Å². The van der Waals surface area contributed by atoms with E-state index in [2.05, 4.69) is 36.3 Å². The van der Waals surface area contributed by atoms with E-state index in [0.29, 0.717) is 18.9 Å². The minimum Gasteiger partial charge on any atom is -0.393 e. The number of nitrogens with one attached hydrogen (secondary N) is 1. The lowest BCUT2D eigenvalue weighted by Crippen LogP contribution is -2.52. The van der Waals surface area contributed by atoms with Crippen molar-refractivity contribution in [2.75, 3.05) is 33.7 Å². The van der Waals surface area contributed by atoms with Crippen molar-refractivity contribution in [2.45, 2.75) is 44.8 Å². The molecule has 1 saturated heterocycles. The molecule has 1 aromatic rings. The first-order chi connectivity index (χ1) is 11.9. The van der Waals surface area contributed by atoms with Gasteiger partial charge in [0, 0.05) is 32.1 Å². The molecule has 1 aromatic carbocycles. The molecule has 4 atom stereocenters. The van der Waals surface area contributed by atoms with Crippen LogP contribution in [0.5, 0.6) is 0 Å². The third kappa shape index (κ3) is 5.72. The number of amides is 2. The maximum absolute atomic E-state index is 12.6. The third-order valence-electron chi connectivity index (χ3n) is 5.28. The molecular weight excluding hydrogens is 314 g/mol. The van der Waals surface area contributed by atoms with Crippen LogP contribution in [0.15, 0.2) is 30.3 Å². The summed E-state index contributed by atoms with van der Waals surface area (Å²) in [5.41, 5.74) is 1.15. The van der Waals surface area contributed by atoms with E-state index in [-0.39, 0.29) is 18.0 Å². The van der Waals surface area contributed by atoms with Gasteiger partial charge >= 0.3 is 6.03 Å².